The highest BCUT2D eigenvalue weighted by Crippen LogP contribution is 2.30. The number of hydrogen-bond acceptors (Lipinski definition) is 4. The van der Waals surface area contributed by atoms with Gasteiger partial charge < -0.3 is 20.1 Å². The van der Waals surface area contributed by atoms with E-state index in [2.05, 4.69) is 5.32 Å². The Morgan fingerprint density at radius 2 is 2.00 bits per heavy atom. The van der Waals surface area contributed by atoms with Gasteiger partial charge in [-0.1, -0.05) is 6.07 Å². The molecule has 0 saturated heterocycles. The Morgan fingerprint density at radius 3 is 2.74 bits per heavy atom. The third kappa shape index (κ3) is 4.25. The lowest BCUT2D eigenvalue weighted by molar-refractivity contribution is -0.139. The van der Waals surface area contributed by atoms with Gasteiger partial charge in [0.05, 0.1) is 0 Å². The molecule has 7 heteroatoms. The number of hydrogen-bond donors (Lipinski definition) is 2. The van der Waals surface area contributed by atoms with E-state index in [9.17, 15) is 14.4 Å². The number of aliphatic carboxylic acids is 1. The molecule has 1 aliphatic rings. The summed E-state index contributed by atoms with van der Waals surface area (Å²) in [5.41, 5.74) is 2.91. The van der Waals surface area contributed by atoms with Crippen LogP contribution in [-0.2, 0) is 16.0 Å². The molecule has 0 atom stereocenters. The fourth-order valence-corrected chi connectivity index (χ4v) is 3.06. The number of amides is 2. The van der Waals surface area contributed by atoms with Crippen LogP contribution < -0.4 is 15.0 Å². The lowest BCUT2D eigenvalue weighted by Crippen LogP contribution is -2.34. The number of carbonyl (C=O) groups excluding carboxylic acids is 2. The second-order valence-electron chi connectivity index (χ2n) is 6.15. The van der Waals surface area contributed by atoms with E-state index in [1.807, 2.05) is 19.1 Å². The SMILES string of the molecule is CCN1C(=O)CCc2cc(NC(=O)c3cccc(OCC(=O)O)c3)ccc21. The van der Waals surface area contributed by atoms with E-state index in [0.717, 1.165) is 11.3 Å². The van der Waals surface area contributed by atoms with Crippen LogP contribution in [-0.4, -0.2) is 36.0 Å². The van der Waals surface area contributed by atoms with Crippen molar-refractivity contribution in [1.82, 2.24) is 0 Å². The Balaban J connectivity index is 1.74. The summed E-state index contributed by atoms with van der Waals surface area (Å²) < 4.78 is 5.10. The largest absolute Gasteiger partial charge is 0.482 e. The highest BCUT2D eigenvalue weighted by molar-refractivity contribution is 6.05. The fourth-order valence-electron chi connectivity index (χ4n) is 3.06. The smallest absolute Gasteiger partial charge is 0.341 e. The van der Waals surface area contributed by atoms with Crippen LogP contribution in [0.5, 0.6) is 5.75 Å². The van der Waals surface area contributed by atoms with Gasteiger partial charge in [-0.25, -0.2) is 4.79 Å². The molecule has 3 rings (SSSR count). The number of benzene rings is 2. The minimum Gasteiger partial charge on any atom is -0.482 e. The molecule has 7 nitrogen and oxygen atoms in total. The van der Waals surface area contributed by atoms with Crippen LogP contribution in [0.3, 0.4) is 0 Å². The molecule has 0 aromatic heterocycles. The summed E-state index contributed by atoms with van der Waals surface area (Å²) in [7, 11) is 0. The minimum absolute atomic E-state index is 0.111. The average molecular weight is 368 g/mol. The number of fused-ring (bicyclic) bond motifs is 1. The average Bonchev–Trinajstić information content (AvgIpc) is 2.66. The van der Waals surface area contributed by atoms with E-state index < -0.39 is 12.6 Å². The first-order chi connectivity index (χ1) is 13.0. The molecule has 0 unspecified atom stereocenters. The summed E-state index contributed by atoms with van der Waals surface area (Å²) in [5.74, 6) is -0.985. The van der Waals surface area contributed by atoms with Crippen molar-refractivity contribution in [3.05, 3.63) is 53.6 Å². The van der Waals surface area contributed by atoms with Gasteiger partial charge in [0.2, 0.25) is 5.91 Å². The third-order valence-electron chi connectivity index (χ3n) is 4.31. The molecule has 2 N–H and O–H groups in total. The molecule has 0 spiro atoms. The number of rotatable bonds is 6. The highest BCUT2D eigenvalue weighted by Gasteiger charge is 2.23. The number of ether oxygens (including phenoxy) is 1. The predicted octanol–water partition coefficient (Wildman–Crippen LogP) is 2.70. The van der Waals surface area contributed by atoms with E-state index in [4.69, 9.17) is 9.84 Å². The molecular weight excluding hydrogens is 348 g/mol. The summed E-state index contributed by atoms with van der Waals surface area (Å²) >= 11 is 0. The Bertz CT molecular complexity index is 894. The van der Waals surface area contributed by atoms with Gasteiger partial charge in [-0.2, -0.15) is 0 Å². The van der Waals surface area contributed by atoms with Gasteiger partial charge in [0.1, 0.15) is 5.75 Å². The third-order valence-corrected chi connectivity index (χ3v) is 4.31. The van der Waals surface area contributed by atoms with E-state index in [1.54, 1.807) is 29.2 Å². The zero-order valence-electron chi connectivity index (χ0n) is 14.9. The Morgan fingerprint density at radius 1 is 1.19 bits per heavy atom. The van der Waals surface area contributed by atoms with Crippen molar-refractivity contribution in [3.63, 3.8) is 0 Å². The van der Waals surface area contributed by atoms with Gasteiger partial charge in [-0.3, -0.25) is 9.59 Å². The fraction of sp³-hybridized carbons (Fsp3) is 0.250. The maximum Gasteiger partial charge on any atom is 0.341 e. The molecule has 0 radical (unpaired) electrons. The van der Waals surface area contributed by atoms with Crippen LogP contribution in [0.4, 0.5) is 11.4 Å². The summed E-state index contributed by atoms with van der Waals surface area (Å²) in [5, 5.41) is 11.5. The molecule has 140 valence electrons. The van der Waals surface area contributed by atoms with E-state index >= 15 is 0 Å². The second-order valence-corrected chi connectivity index (χ2v) is 6.15. The number of carboxylic acid groups (broad SMARTS) is 1. The molecule has 0 aliphatic carbocycles. The summed E-state index contributed by atoms with van der Waals surface area (Å²) in [6, 6.07) is 11.8. The summed E-state index contributed by atoms with van der Waals surface area (Å²) in [4.78, 5) is 36.8. The van der Waals surface area contributed by atoms with Gasteiger partial charge in [-0.05, 0) is 55.3 Å². The second kappa shape index (κ2) is 7.90. The van der Waals surface area contributed by atoms with Crippen LogP contribution in [0.15, 0.2) is 42.5 Å². The number of aryl methyl sites for hydroxylation is 1. The number of nitrogens with one attached hydrogen (secondary N) is 1. The molecule has 27 heavy (non-hydrogen) atoms. The van der Waals surface area contributed by atoms with Crippen molar-refractivity contribution in [1.29, 1.82) is 0 Å². The Kier molecular flexibility index (Phi) is 5.40. The maximum absolute atomic E-state index is 12.5. The lowest BCUT2D eigenvalue weighted by Gasteiger charge is -2.28. The predicted molar refractivity (Wildman–Crippen MR) is 100 cm³/mol. The van der Waals surface area contributed by atoms with Crippen molar-refractivity contribution >= 4 is 29.2 Å². The molecule has 2 aromatic carbocycles. The molecule has 2 aromatic rings. The first kappa shape index (κ1) is 18.4. The zero-order valence-corrected chi connectivity index (χ0v) is 14.9. The van der Waals surface area contributed by atoms with Crippen molar-refractivity contribution in [3.8, 4) is 5.75 Å². The molecule has 0 fully saturated rings. The number of carbonyl (C=O) groups is 3. The van der Waals surface area contributed by atoms with Gasteiger partial charge >= 0.3 is 5.97 Å². The maximum atomic E-state index is 12.5. The molecule has 2 amide bonds. The van der Waals surface area contributed by atoms with Gasteiger partial charge in [0.25, 0.3) is 5.91 Å². The molecule has 0 bridgehead atoms. The van der Waals surface area contributed by atoms with Crippen LogP contribution in [0.2, 0.25) is 0 Å². The molecule has 0 saturated carbocycles. The zero-order chi connectivity index (χ0) is 19.4. The topological polar surface area (TPSA) is 95.9 Å². The van der Waals surface area contributed by atoms with Gasteiger partial charge in [0, 0.05) is 29.9 Å². The van der Waals surface area contributed by atoms with E-state index in [-0.39, 0.29) is 11.8 Å². The highest BCUT2D eigenvalue weighted by atomic mass is 16.5. The van der Waals surface area contributed by atoms with Crippen molar-refractivity contribution in [2.45, 2.75) is 19.8 Å². The van der Waals surface area contributed by atoms with Gasteiger partial charge in [-0.15, -0.1) is 0 Å². The summed E-state index contributed by atoms with van der Waals surface area (Å²) in [6.45, 7) is 2.07. The van der Waals surface area contributed by atoms with Crippen LogP contribution in [0.25, 0.3) is 0 Å². The van der Waals surface area contributed by atoms with Gasteiger partial charge in [0.15, 0.2) is 6.61 Å². The van der Waals surface area contributed by atoms with Crippen LogP contribution in [0.1, 0.15) is 29.3 Å². The van der Waals surface area contributed by atoms with Crippen LogP contribution in [0, 0.1) is 0 Å². The van der Waals surface area contributed by atoms with Crippen molar-refractivity contribution in [2.75, 3.05) is 23.4 Å². The lowest BCUT2D eigenvalue weighted by atomic mass is 10.0. The monoisotopic (exact) mass is 368 g/mol. The normalized spacial score (nSPS) is 13.1. The van der Waals surface area contributed by atoms with Crippen molar-refractivity contribution < 1.29 is 24.2 Å². The van der Waals surface area contributed by atoms with Crippen molar-refractivity contribution in [2.24, 2.45) is 0 Å². The van der Waals surface area contributed by atoms with E-state index in [0.29, 0.717) is 36.4 Å². The minimum atomic E-state index is -1.08. The van der Waals surface area contributed by atoms with Crippen LogP contribution >= 0.6 is 0 Å². The Hall–Kier alpha value is -3.35. The first-order valence-electron chi connectivity index (χ1n) is 8.67. The first-order valence-corrected chi connectivity index (χ1v) is 8.67. The standard InChI is InChI=1S/C20H20N2O5/c1-2-22-17-8-7-15(10-13(17)6-9-18(22)23)21-20(26)14-4-3-5-16(11-14)27-12-19(24)25/h3-5,7-8,10-11H,2,6,9,12H2,1H3,(H,21,26)(H,24,25). The molecule has 1 aliphatic heterocycles. The number of carboxylic acids is 1. The summed E-state index contributed by atoms with van der Waals surface area (Å²) in [6.07, 6.45) is 1.11. The quantitative estimate of drug-likeness (QED) is 0.817. The number of anilines is 2. The Labute approximate surface area is 156 Å². The molecule has 1 heterocycles. The van der Waals surface area contributed by atoms with E-state index in [1.165, 1.54) is 6.07 Å². The molecular formula is C20H20N2O5. The number of nitrogens with zero attached hydrogens (tertiary/aromatic N) is 1.